The van der Waals surface area contributed by atoms with Crippen LogP contribution >= 0.6 is 0 Å². The van der Waals surface area contributed by atoms with Crippen LogP contribution in [0.15, 0.2) is 24.3 Å². The Morgan fingerprint density at radius 2 is 0.441 bits per heavy atom. The Morgan fingerprint density at radius 1 is 0.324 bits per heavy atom. The Morgan fingerprint density at radius 3 is 0.544 bits per heavy atom. The van der Waals surface area contributed by atoms with Crippen LogP contribution in [0.1, 0.15) is 116 Å². The van der Waals surface area contributed by atoms with Gasteiger partial charge in [0.1, 0.15) is 0 Å². The van der Waals surface area contributed by atoms with E-state index >= 15 is 0 Å². The fraction of sp³-hybridized carbons (Fsp3) is 0.400. The molecule has 5 rings (SSSR count). The molecule has 1 aliphatic rings. The van der Waals surface area contributed by atoms with Crippen molar-refractivity contribution in [2.24, 2.45) is 0 Å². The van der Waals surface area contributed by atoms with E-state index in [1.165, 1.54) is 0 Å². The first-order chi connectivity index (χ1) is 29.2. The second-order valence-electron chi connectivity index (χ2n) is 15.9. The van der Waals surface area contributed by atoms with E-state index in [9.17, 15) is 92.7 Å². The largest absolute Gasteiger partial charge is 1.00 e. The first-order valence-electron chi connectivity index (χ1n) is 19.1. The number of fused-ring (bicyclic) bond motifs is 8. The zero-order valence-electron chi connectivity index (χ0n) is 38.2. The van der Waals surface area contributed by atoms with Gasteiger partial charge in [-0.1, -0.05) is 46.5 Å². The Bertz CT molecular complexity index is 2500. The molecule has 0 unspecified atom stereocenters. The predicted octanol–water partition coefficient (Wildman–Crippen LogP) is -12.5. The van der Waals surface area contributed by atoms with Crippen LogP contribution in [0, 0.1) is 27.7 Å². The molecule has 20 nitrogen and oxygen atoms in total. The fourth-order valence-corrected chi connectivity index (χ4v) is 10.5. The minimum Gasteiger partial charge on any atom is -0.872 e. The summed E-state index contributed by atoms with van der Waals surface area (Å²) in [4.78, 5) is 0. The minimum atomic E-state index is -4.94. The molecule has 0 aliphatic heterocycles. The summed E-state index contributed by atoms with van der Waals surface area (Å²) in [5, 5.41) is 113. The fourth-order valence-electron chi connectivity index (χ4n) is 8.39. The molecule has 0 atom stereocenters. The number of rotatable bonds is 12. The van der Waals surface area contributed by atoms with Gasteiger partial charge in [-0.3, -0.25) is 18.2 Å². The van der Waals surface area contributed by atoms with Gasteiger partial charge in [-0.2, -0.15) is 33.7 Å². The molecule has 0 aromatic heterocycles. The Kier molecular flexibility index (Phi) is 23.2. The third-order valence-electron chi connectivity index (χ3n) is 11.7. The molecule has 1 aliphatic carbocycles. The van der Waals surface area contributed by atoms with Crippen LogP contribution in [0.5, 0.6) is 46.0 Å². The topological polar surface area (TPSA) is 402 Å². The van der Waals surface area contributed by atoms with Crippen molar-refractivity contribution >= 4 is 40.5 Å². The first kappa shape index (κ1) is 64.9. The van der Waals surface area contributed by atoms with Gasteiger partial charge < -0.3 is 40.9 Å². The van der Waals surface area contributed by atoms with E-state index in [0.29, 0.717) is 0 Å². The van der Waals surface area contributed by atoms with Gasteiger partial charge >= 0.3 is 118 Å². The van der Waals surface area contributed by atoms with Crippen LogP contribution in [-0.4, -0.2) is 74.9 Å². The van der Waals surface area contributed by atoms with Gasteiger partial charge in [0.15, 0.2) is 0 Å². The van der Waals surface area contributed by atoms with E-state index < -0.39 is 226 Å². The summed E-state index contributed by atoms with van der Waals surface area (Å²) in [7, 11) is -19.8. The van der Waals surface area contributed by atoms with Gasteiger partial charge in [0.05, 0.1) is 23.0 Å². The number of benzene rings is 4. The van der Waals surface area contributed by atoms with Gasteiger partial charge in [-0.25, -0.2) is 0 Å². The maximum Gasteiger partial charge on any atom is 1.00 e. The van der Waals surface area contributed by atoms with E-state index in [0.717, 1.165) is 52.0 Å². The van der Waals surface area contributed by atoms with Crippen molar-refractivity contribution in [3.05, 3.63) is 91.0 Å². The third kappa shape index (κ3) is 14.6. The van der Waals surface area contributed by atoms with E-state index in [2.05, 4.69) is 0 Å². The molecule has 0 amide bonds. The summed E-state index contributed by atoms with van der Waals surface area (Å²) in [6.07, 6.45) is -3.39. The zero-order chi connectivity index (χ0) is 48.3. The van der Waals surface area contributed by atoms with Crippen molar-refractivity contribution in [3.63, 3.8) is 0 Å². The standard InChI is InChI=1S/C40H48O20S4.4Na/c1-17-33(41)25-13-26(34(17)42)22(6-10-62(52,53)54)28-15-30(38(46)19(3)36(28)44)24(8-12-64(58,59)60)32-16-31(39(47)20(4)40(32)48)23(7-11-63(55,56)57)29-14-27(35(43)18(2)37(29)45)21(25)5-9-61(49,50)51;;;;/h13-16,21-24,41-48H,5-12H2,1-4H3,(H,49,50,51)(H,52,53,54)(H,55,56,57)(H,58,59,60);;;;/q;4*+1/p-8. The number of hydrogen-bond donors (Lipinski definition) is 4. The van der Waals surface area contributed by atoms with Gasteiger partial charge in [0.25, 0.3) is 40.5 Å². The van der Waals surface area contributed by atoms with Crippen molar-refractivity contribution in [3.8, 4) is 46.0 Å². The van der Waals surface area contributed by atoms with Gasteiger partial charge in [0.2, 0.25) is 0 Å². The first-order valence-corrected chi connectivity index (χ1v) is 25.5. The van der Waals surface area contributed by atoms with Crippen LogP contribution in [0.4, 0.5) is 0 Å². The van der Waals surface area contributed by atoms with E-state index in [-0.39, 0.29) is 118 Å². The number of hydrogen-bond acceptors (Lipinski definition) is 16. The SMILES string of the molecule is Cc1c([O-])c2cc(c1[O-])C(CCS(=O)(=O)O)c1cc(c([O-])c(C)c1[O-])C(CCS(=O)(=O)O)c1cc(c([O-])c(C)c1[O-])C(CCS(=O)(=O)O)c1cc(c([O-])c(C)c1[O-])C2CCS(=O)(=O)O.[Na+].[Na+].[Na+].[Na+]. The van der Waals surface area contributed by atoms with Gasteiger partial charge in [-0.05, 0) is 97.9 Å². The van der Waals surface area contributed by atoms with Crippen molar-refractivity contribution < 1.29 is 211 Å². The van der Waals surface area contributed by atoms with Crippen molar-refractivity contribution in [1.82, 2.24) is 0 Å². The van der Waals surface area contributed by atoms with Crippen LogP contribution in [0.3, 0.4) is 0 Å². The molecule has 4 aromatic rings. The molecule has 352 valence electrons. The summed E-state index contributed by atoms with van der Waals surface area (Å²) in [5.74, 6) is -21.0. The maximum atomic E-state index is 14.2. The van der Waals surface area contributed by atoms with Crippen LogP contribution in [-0.2, 0) is 40.5 Å². The molecule has 0 fully saturated rings. The molecule has 28 heteroatoms. The second-order valence-corrected chi connectivity index (χ2v) is 22.2. The monoisotopic (exact) mass is 1060 g/mol. The van der Waals surface area contributed by atoms with Crippen LogP contribution in [0.25, 0.3) is 0 Å². The average Bonchev–Trinajstić information content (AvgIpc) is 3.17. The van der Waals surface area contributed by atoms with E-state index in [1.54, 1.807) is 0 Å². The van der Waals surface area contributed by atoms with E-state index in [4.69, 9.17) is 0 Å². The normalized spacial score (nSPS) is 17.2. The molecule has 0 saturated heterocycles. The predicted molar refractivity (Wildman–Crippen MR) is 212 cm³/mol. The van der Waals surface area contributed by atoms with Crippen molar-refractivity contribution in [1.29, 1.82) is 0 Å². The van der Waals surface area contributed by atoms with Gasteiger partial charge in [0, 0.05) is 23.7 Å². The quantitative estimate of drug-likeness (QED) is 0.0756. The molecule has 0 radical (unpaired) electrons. The van der Waals surface area contributed by atoms with Gasteiger partial charge in [-0.15, -0.1) is 46.0 Å². The maximum absolute atomic E-state index is 14.2. The van der Waals surface area contributed by atoms with Crippen LogP contribution < -0.4 is 159 Å². The molecule has 0 saturated carbocycles. The third-order valence-corrected chi connectivity index (χ3v) is 14.7. The molecule has 68 heavy (non-hydrogen) atoms. The van der Waals surface area contributed by atoms with E-state index in [1.807, 2.05) is 0 Å². The summed E-state index contributed by atoms with van der Waals surface area (Å²) in [6, 6.07) is 3.31. The molecule has 4 aromatic carbocycles. The minimum absolute atomic E-state index is 0. The molecule has 0 spiro atoms. The van der Waals surface area contributed by atoms with Crippen LogP contribution in [0.2, 0.25) is 0 Å². The Labute approximate surface area is 482 Å². The smallest absolute Gasteiger partial charge is 0.872 e. The molecule has 8 bridgehead atoms. The molecule has 4 N–H and O–H groups in total. The summed E-state index contributed by atoms with van der Waals surface area (Å²) >= 11 is 0. The Balaban J connectivity index is 0.00000578. The summed E-state index contributed by atoms with van der Waals surface area (Å²) in [5.41, 5.74) is -7.22. The molecule has 0 heterocycles. The average molecular weight is 1060 g/mol. The summed E-state index contributed by atoms with van der Waals surface area (Å²) < 4.78 is 137. The van der Waals surface area contributed by atoms with Crippen molar-refractivity contribution in [2.45, 2.75) is 77.0 Å². The molecular formula is C40H40Na4O20S4-4. The zero-order valence-corrected chi connectivity index (χ0v) is 49.5. The Hall–Kier alpha value is -1.08. The second kappa shape index (κ2) is 24.3. The molecular weight excluding hydrogens is 1020 g/mol. The van der Waals surface area contributed by atoms with Crippen molar-refractivity contribution in [2.75, 3.05) is 23.0 Å². The summed E-state index contributed by atoms with van der Waals surface area (Å²) in [6.45, 7) is 3.99.